The molecular weight excluding hydrogens is 320 g/mol. The number of nitrogens with zero attached hydrogens (tertiary/aromatic N) is 3. The highest BCUT2D eigenvalue weighted by Gasteiger charge is 2.30. The lowest BCUT2D eigenvalue weighted by Gasteiger charge is -2.29. The van der Waals surface area contributed by atoms with Crippen LogP contribution in [0.25, 0.3) is 11.3 Å². The van der Waals surface area contributed by atoms with Crippen LogP contribution in [0.4, 0.5) is 5.69 Å². The lowest BCUT2D eigenvalue weighted by Crippen LogP contribution is -2.35. The lowest BCUT2D eigenvalue weighted by molar-refractivity contribution is 0.145. The fourth-order valence-corrected chi connectivity index (χ4v) is 3.53. The number of allylic oxidation sites excluding steroid dienone is 2. The average Bonchev–Trinajstić information content (AvgIpc) is 2.78. The molecule has 4 rings (SSSR count). The van der Waals surface area contributed by atoms with Gasteiger partial charge in [-0.05, 0) is 38.5 Å². The Morgan fingerprint density at radius 3 is 2.92 bits per heavy atom. The van der Waals surface area contributed by atoms with Gasteiger partial charge < -0.3 is 10.1 Å². The Morgan fingerprint density at radius 1 is 1.25 bits per heavy atom. The van der Waals surface area contributed by atoms with Crippen molar-refractivity contribution in [2.75, 3.05) is 11.6 Å². The topological polar surface area (TPSA) is 59.9 Å². The fourth-order valence-electron chi connectivity index (χ4n) is 3.23. The Labute approximate surface area is 145 Å². The highest BCUT2D eigenvalue weighted by molar-refractivity contribution is 7.98. The van der Waals surface area contributed by atoms with Gasteiger partial charge in [0.15, 0.2) is 11.9 Å². The molecule has 2 atom stereocenters. The Balaban J connectivity index is 1.76. The maximum absolute atomic E-state index is 6.29. The van der Waals surface area contributed by atoms with Crippen LogP contribution in [0.15, 0.2) is 41.1 Å². The standard InChI is InChI=1S/C18H20N4OS/c1-11-7-9-12(10-8-11)16-19-14-6-4-3-5-13(14)15-17(23-16)20-18(24-2)22-21-15/h3-7,12,16,19H,8-10H2,1-2H3/t12-,16-/m0/s1. The Bertz CT molecular complexity index is 792. The molecule has 0 spiro atoms. The summed E-state index contributed by atoms with van der Waals surface area (Å²) in [5.41, 5.74) is 4.20. The summed E-state index contributed by atoms with van der Waals surface area (Å²) in [5.74, 6) is 0.989. The third kappa shape index (κ3) is 2.86. The molecule has 0 unspecified atom stereocenters. The molecule has 1 aliphatic carbocycles. The smallest absolute Gasteiger partial charge is 0.247 e. The van der Waals surface area contributed by atoms with Gasteiger partial charge in [0.05, 0.1) is 0 Å². The van der Waals surface area contributed by atoms with Crippen LogP contribution in [0, 0.1) is 5.92 Å². The Hall–Kier alpha value is -2.08. The van der Waals surface area contributed by atoms with Gasteiger partial charge >= 0.3 is 0 Å². The first-order chi connectivity index (χ1) is 11.7. The van der Waals surface area contributed by atoms with E-state index in [-0.39, 0.29) is 6.23 Å². The SMILES string of the molecule is CSc1nnc2c(n1)O[C@@H]([C@H]1CC=C(C)CC1)Nc1ccccc1-2. The summed E-state index contributed by atoms with van der Waals surface area (Å²) in [5, 5.41) is 12.7. The number of para-hydroxylation sites is 1. The van der Waals surface area contributed by atoms with Crippen molar-refractivity contribution < 1.29 is 4.74 Å². The number of nitrogens with one attached hydrogen (secondary N) is 1. The van der Waals surface area contributed by atoms with Crippen molar-refractivity contribution >= 4 is 17.4 Å². The van der Waals surface area contributed by atoms with Crippen molar-refractivity contribution in [1.82, 2.24) is 15.2 Å². The third-order valence-corrected chi connectivity index (χ3v) is 5.18. The van der Waals surface area contributed by atoms with Crippen molar-refractivity contribution in [2.24, 2.45) is 5.92 Å². The van der Waals surface area contributed by atoms with Gasteiger partial charge in [-0.2, -0.15) is 4.98 Å². The number of anilines is 1. The third-order valence-electron chi connectivity index (χ3n) is 4.64. The van der Waals surface area contributed by atoms with E-state index in [2.05, 4.69) is 39.6 Å². The molecule has 6 heteroatoms. The van der Waals surface area contributed by atoms with Crippen LogP contribution >= 0.6 is 11.8 Å². The maximum Gasteiger partial charge on any atom is 0.247 e. The number of hydrogen-bond donors (Lipinski definition) is 1. The first-order valence-electron chi connectivity index (χ1n) is 8.21. The van der Waals surface area contributed by atoms with E-state index in [1.807, 2.05) is 24.5 Å². The monoisotopic (exact) mass is 340 g/mol. The minimum atomic E-state index is -0.108. The van der Waals surface area contributed by atoms with Gasteiger partial charge in [-0.15, -0.1) is 10.2 Å². The second kappa shape index (κ2) is 6.43. The minimum absolute atomic E-state index is 0.108. The zero-order valence-electron chi connectivity index (χ0n) is 13.8. The molecule has 1 N–H and O–H groups in total. The molecule has 24 heavy (non-hydrogen) atoms. The molecule has 124 valence electrons. The largest absolute Gasteiger partial charge is 0.452 e. The van der Waals surface area contributed by atoms with Gasteiger partial charge in [0, 0.05) is 17.2 Å². The fraction of sp³-hybridized carbons (Fsp3) is 0.389. The minimum Gasteiger partial charge on any atom is -0.452 e. The van der Waals surface area contributed by atoms with E-state index in [9.17, 15) is 0 Å². The second-order valence-corrected chi connectivity index (χ2v) is 7.04. The van der Waals surface area contributed by atoms with Crippen LogP contribution in [0.3, 0.4) is 0 Å². The Morgan fingerprint density at radius 2 is 2.12 bits per heavy atom. The van der Waals surface area contributed by atoms with E-state index >= 15 is 0 Å². The van der Waals surface area contributed by atoms with Gasteiger partial charge in [0.25, 0.3) is 0 Å². The summed E-state index contributed by atoms with van der Waals surface area (Å²) < 4.78 is 6.29. The number of hydrogen-bond acceptors (Lipinski definition) is 6. The van der Waals surface area contributed by atoms with E-state index in [0.717, 1.165) is 30.5 Å². The average molecular weight is 340 g/mol. The molecule has 1 aromatic heterocycles. The van der Waals surface area contributed by atoms with Crippen LogP contribution < -0.4 is 10.1 Å². The quantitative estimate of drug-likeness (QED) is 0.655. The maximum atomic E-state index is 6.29. The van der Waals surface area contributed by atoms with Gasteiger partial charge in [-0.25, -0.2) is 0 Å². The normalized spacial score (nSPS) is 22.3. The molecule has 1 aromatic carbocycles. The number of aromatic nitrogens is 3. The predicted molar refractivity (Wildman–Crippen MR) is 96.2 cm³/mol. The van der Waals surface area contributed by atoms with Crippen LogP contribution in [-0.4, -0.2) is 27.7 Å². The van der Waals surface area contributed by atoms with Crippen molar-refractivity contribution in [2.45, 2.75) is 37.6 Å². The van der Waals surface area contributed by atoms with E-state index in [0.29, 0.717) is 22.6 Å². The summed E-state index contributed by atoms with van der Waals surface area (Å²) in [7, 11) is 0. The number of thioether (sulfide) groups is 1. The molecule has 2 aromatic rings. The number of fused-ring (bicyclic) bond motifs is 3. The molecule has 0 saturated carbocycles. The summed E-state index contributed by atoms with van der Waals surface area (Å²) in [6.45, 7) is 2.20. The van der Waals surface area contributed by atoms with E-state index in [4.69, 9.17) is 4.74 Å². The number of ether oxygens (including phenoxy) is 1. The summed E-state index contributed by atoms with van der Waals surface area (Å²) in [4.78, 5) is 4.56. The van der Waals surface area contributed by atoms with Crippen molar-refractivity contribution in [3.8, 4) is 17.1 Å². The Kier molecular flexibility index (Phi) is 4.14. The van der Waals surface area contributed by atoms with Crippen LogP contribution in [0.1, 0.15) is 26.2 Å². The van der Waals surface area contributed by atoms with Gasteiger partial charge in [-0.1, -0.05) is 41.6 Å². The lowest BCUT2D eigenvalue weighted by atomic mass is 9.89. The predicted octanol–water partition coefficient (Wildman–Crippen LogP) is 4.14. The first-order valence-corrected chi connectivity index (χ1v) is 9.44. The molecule has 1 aliphatic heterocycles. The molecule has 0 bridgehead atoms. The highest BCUT2D eigenvalue weighted by atomic mass is 32.2. The molecule has 0 radical (unpaired) electrons. The number of rotatable bonds is 2. The molecular formula is C18H20N4OS. The van der Waals surface area contributed by atoms with Crippen molar-refractivity contribution in [3.63, 3.8) is 0 Å². The summed E-state index contributed by atoms with van der Waals surface area (Å²) in [6, 6.07) is 8.12. The van der Waals surface area contributed by atoms with Crippen LogP contribution in [-0.2, 0) is 0 Å². The molecule has 0 fully saturated rings. The highest BCUT2D eigenvalue weighted by Crippen LogP contribution is 2.39. The summed E-state index contributed by atoms with van der Waals surface area (Å²) >= 11 is 1.47. The first kappa shape index (κ1) is 15.4. The second-order valence-electron chi connectivity index (χ2n) is 6.27. The number of benzene rings is 1. The van der Waals surface area contributed by atoms with E-state index in [1.165, 1.54) is 17.3 Å². The van der Waals surface area contributed by atoms with Crippen LogP contribution in [0.5, 0.6) is 5.88 Å². The van der Waals surface area contributed by atoms with Gasteiger partial charge in [-0.3, -0.25) is 0 Å². The molecule has 2 aliphatic rings. The van der Waals surface area contributed by atoms with E-state index < -0.39 is 0 Å². The summed E-state index contributed by atoms with van der Waals surface area (Å²) in [6.07, 6.45) is 7.42. The van der Waals surface area contributed by atoms with Gasteiger partial charge in [0.2, 0.25) is 11.0 Å². The molecule has 0 saturated heterocycles. The molecule has 0 amide bonds. The van der Waals surface area contributed by atoms with Gasteiger partial charge in [0.1, 0.15) is 0 Å². The zero-order valence-corrected chi connectivity index (χ0v) is 14.6. The van der Waals surface area contributed by atoms with Crippen molar-refractivity contribution in [3.05, 3.63) is 35.9 Å². The molecule has 5 nitrogen and oxygen atoms in total. The zero-order chi connectivity index (χ0) is 16.5. The van der Waals surface area contributed by atoms with Crippen molar-refractivity contribution in [1.29, 1.82) is 0 Å². The molecule has 2 heterocycles. The van der Waals surface area contributed by atoms with Crippen LogP contribution in [0.2, 0.25) is 0 Å². The van der Waals surface area contributed by atoms with E-state index in [1.54, 1.807) is 0 Å².